The van der Waals surface area contributed by atoms with Gasteiger partial charge in [-0.2, -0.15) is 0 Å². The number of amidine groups is 1. The van der Waals surface area contributed by atoms with E-state index in [1.54, 1.807) is 32.5 Å². The molecule has 3 aromatic carbocycles. The Morgan fingerprint density at radius 3 is 2.29 bits per heavy atom. The van der Waals surface area contributed by atoms with Crippen LogP contribution in [0.3, 0.4) is 0 Å². The number of methoxy groups -OCH3 is 2. The van der Waals surface area contributed by atoms with E-state index >= 15 is 8.63 Å². The Morgan fingerprint density at radius 2 is 1.58 bits per heavy atom. The highest BCUT2D eigenvalue weighted by molar-refractivity contribution is 14.1. The topological polar surface area (TPSA) is 51.7 Å². The molecule has 0 unspecified atom stereocenters. The number of aliphatic imine (C=N–C) groups is 1. The molecule has 0 saturated heterocycles. The van der Waals surface area contributed by atoms with Crippen LogP contribution >= 0.6 is 22.6 Å². The molecule has 3 aliphatic rings. The van der Waals surface area contributed by atoms with Gasteiger partial charge >= 0.3 is 6.97 Å². The van der Waals surface area contributed by atoms with Gasteiger partial charge in [-0.05, 0) is 112 Å². The van der Waals surface area contributed by atoms with Gasteiger partial charge in [0.15, 0.2) is 0 Å². The Bertz CT molecular complexity index is 2110. The minimum atomic E-state index is -4.44. The molecule has 4 heterocycles. The zero-order valence-electron chi connectivity index (χ0n) is 24.5. The van der Waals surface area contributed by atoms with Crippen molar-refractivity contribution in [2.45, 2.75) is 12.8 Å². The molecule has 0 bridgehead atoms. The molecule has 0 spiro atoms. The maximum Gasteiger partial charge on any atom is 0.642 e. The third kappa shape index (κ3) is 4.14. The highest BCUT2D eigenvalue weighted by Gasteiger charge is 2.56. The minimum absolute atomic E-state index is 0.198. The SMILES string of the molecule is COc1ccc(-c2c(I)c(-c3ccccn3)c3n2[B-](F)(F)[N+]2=C4C(=C(c5ccccc5)C2=N3)CCc2cc(OC)ccc24)cc1. The zero-order chi connectivity index (χ0) is 30.9. The molecule has 10 heteroatoms. The number of hydrogen-bond donors (Lipinski definition) is 0. The molecule has 0 amide bonds. The number of ether oxygens (including phenoxy) is 2. The minimum Gasteiger partial charge on any atom is -0.497 e. The van der Waals surface area contributed by atoms with Crippen molar-refractivity contribution in [3.63, 3.8) is 0 Å². The number of pyridine rings is 1. The first-order valence-corrected chi connectivity index (χ1v) is 15.7. The van der Waals surface area contributed by atoms with Crippen molar-refractivity contribution in [2.24, 2.45) is 4.99 Å². The van der Waals surface area contributed by atoms with Gasteiger partial charge in [0, 0.05) is 26.6 Å². The van der Waals surface area contributed by atoms with E-state index in [0.29, 0.717) is 56.1 Å². The molecule has 45 heavy (non-hydrogen) atoms. The largest absolute Gasteiger partial charge is 0.642 e. The Hall–Kier alpha value is -4.58. The third-order valence-corrected chi connectivity index (χ3v) is 9.84. The second-order valence-electron chi connectivity index (χ2n) is 11.2. The van der Waals surface area contributed by atoms with Crippen LogP contribution in [0.2, 0.25) is 0 Å². The van der Waals surface area contributed by atoms with Crippen LogP contribution in [0.1, 0.15) is 23.1 Å². The highest BCUT2D eigenvalue weighted by Crippen LogP contribution is 2.50. The molecule has 8 rings (SSSR count). The Labute approximate surface area is 272 Å². The van der Waals surface area contributed by atoms with E-state index in [9.17, 15) is 0 Å². The molecule has 0 N–H and O–H groups in total. The Morgan fingerprint density at radius 1 is 0.844 bits per heavy atom. The summed E-state index contributed by atoms with van der Waals surface area (Å²) in [5.74, 6) is 1.81. The van der Waals surface area contributed by atoms with Crippen molar-refractivity contribution < 1.29 is 22.6 Å². The lowest BCUT2D eigenvalue weighted by Gasteiger charge is -2.33. The lowest BCUT2D eigenvalue weighted by atomic mass is 9.83. The second-order valence-corrected chi connectivity index (χ2v) is 12.2. The van der Waals surface area contributed by atoms with Crippen LogP contribution in [-0.4, -0.2) is 46.7 Å². The summed E-state index contributed by atoms with van der Waals surface area (Å²) in [6, 6.07) is 28.2. The molecule has 0 fully saturated rings. The Balaban J connectivity index is 1.49. The number of benzene rings is 3. The molecule has 1 aliphatic carbocycles. The number of rotatable bonds is 5. The summed E-state index contributed by atoms with van der Waals surface area (Å²) in [5, 5.41) is 0. The van der Waals surface area contributed by atoms with Crippen LogP contribution < -0.4 is 9.47 Å². The van der Waals surface area contributed by atoms with E-state index < -0.39 is 6.97 Å². The fraction of sp³-hybridized carbons (Fsp3) is 0.114. The number of fused-ring (bicyclic) bond motifs is 5. The van der Waals surface area contributed by atoms with Crippen LogP contribution in [0, 0.1) is 3.57 Å². The number of aromatic nitrogens is 2. The number of halogens is 3. The normalized spacial score (nSPS) is 16.1. The Kier molecular flexibility index (Phi) is 6.52. The van der Waals surface area contributed by atoms with Crippen molar-refractivity contribution in [1.29, 1.82) is 0 Å². The standard InChI is InChI=1S/C35H26BF2IN4O2/c1-44-24-14-11-22(12-15-24)32-31(39)30(28-10-6-7-19-40-28)35-41-34-29(21-8-4-3-5-9-21)27-17-13-23-20-25(45-2)16-18-26(23)33(27)43(34)36(37,38)42(32)35/h3-12,14-16,18-20H,13,17H2,1-2H3. The highest BCUT2D eigenvalue weighted by atomic mass is 127. The van der Waals surface area contributed by atoms with Crippen molar-refractivity contribution in [3.8, 4) is 34.0 Å². The van der Waals surface area contributed by atoms with Crippen molar-refractivity contribution in [1.82, 2.24) is 9.46 Å². The summed E-state index contributed by atoms with van der Waals surface area (Å²) in [6.07, 6.45) is 2.99. The summed E-state index contributed by atoms with van der Waals surface area (Å²) < 4.78 is 49.5. The molecule has 222 valence electrons. The van der Waals surface area contributed by atoms with E-state index in [1.807, 2.05) is 78.9 Å². The fourth-order valence-corrected chi connectivity index (χ4v) is 7.89. The van der Waals surface area contributed by atoms with Crippen molar-refractivity contribution >= 4 is 52.5 Å². The van der Waals surface area contributed by atoms with Gasteiger partial charge in [-0.3, -0.25) is 4.98 Å². The fourth-order valence-electron chi connectivity index (χ4n) is 6.80. The van der Waals surface area contributed by atoms with Gasteiger partial charge < -0.3 is 27.1 Å². The van der Waals surface area contributed by atoms with Crippen LogP contribution in [0.15, 0.2) is 108 Å². The molecule has 0 saturated carbocycles. The molecular formula is C35H26BF2IN4O2. The van der Waals surface area contributed by atoms with Crippen molar-refractivity contribution in [2.75, 3.05) is 14.2 Å². The van der Waals surface area contributed by atoms with E-state index in [-0.39, 0.29) is 11.7 Å². The molecule has 5 aromatic rings. The summed E-state index contributed by atoms with van der Waals surface area (Å²) in [6.45, 7) is -4.44. The lowest BCUT2D eigenvalue weighted by molar-refractivity contribution is -0.291. The van der Waals surface area contributed by atoms with E-state index in [1.165, 1.54) is 4.49 Å². The molecule has 2 aromatic heterocycles. The first-order valence-electron chi connectivity index (χ1n) is 14.7. The van der Waals surface area contributed by atoms with Crippen LogP contribution in [0.4, 0.5) is 14.4 Å². The van der Waals surface area contributed by atoms with Crippen molar-refractivity contribution in [3.05, 3.63) is 123 Å². The molecule has 0 radical (unpaired) electrons. The van der Waals surface area contributed by atoms with Gasteiger partial charge in [0.25, 0.3) is 5.84 Å². The van der Waals surface area contributed by atoms with Crippen LogP contribution in [-0.2, 0) is 6.42 Å². The average molecular weight is 710 g/mol. The summed E-state index contributed by atoms with van der Waals surface area (Å²) in [7, 11) is 3.20. The lowest BCUT2D eigenvalue weighted by Crippen LogP contribution is -2.53. The van der Waals surface area contributed by atoms with Gasteiger partial charge in [-0.1, -0.05) is 36.4 Å². The predicted molar refractivity (Wildman–Crippen MR) is 182 cm³/mol. The average Bonchev–Trinajstić information content (AvgIpc) is 3.58. The van der Waals surface area contributed by atoms with Crippen LogP contribution in [0.25, 0.3) is 28.1 Å². The molecular weight excluding hydrogens is 684 g/mol. The summed E-state index contributed by atoms with van der Waals surface area (Å²) in [4.78, 5) is 9.77. The van der Waals surface area contributed by atoms with Gasteiger partial charge in [-0.15, -0.1) is 0 Å². The van der Waals surface area contributed by atoms with Gasteiger partial charge in [-0.25, -0.2) is 0 Å². The van der Waals surface area contributed by atoms with E-state index in [0.717, 1.165) is 32.3 Å². The van der Waals surface area contributed by atoms with E-state index in [4.69, 9.17) is 14.5 Å². The summed E-state index contributed by atoms with van der Waals surface area (Å²) in [5.41, 5.74) is 6.95. The first-order chi connectivity index (χ1) is 21.9. The van der Waals surface area contributed by atoms with Crippen LogP contribution in [0.5, 0.6) is 11.5 Å². The molecule has 6 nitrogen and oxygen atoms in total. The monoisotopic (exact) mass is 710 g/mol. The maximum absolute atomic E-state index is 17.8. The number of nitrogens with zero attached hydrogens (tertiary/aromatic N) is 4. The zero-order valence-corrected chi connectivity index (χ0v) is 26.6. The number of aryl methyl sites for hydroxylation is 1. The molecule has 2 aliphatic heterocycles. The van der Waals surface area contributed by atoms with Gasteiger partial charge in [0.1, 0.15) is 11.5 Å². The third-order valence-electron chi connectivity index (χ3n) is 8.79. The smallest absolute Gasteiger partial charge is 0.497 e. The molecule has 0 atom stereocenters. The quantitative estimate of drug-likeness (QED) is 0.137. The van der Waals surface area contributed by atoms with Gasteiger partial charge in [0.05, 0.1) is 36.8 Å². The second kappa shape index (κ2) is 10.5. The number of allylic oxidation sites excluding steroid dienone is 1. The first kappa shape index (κ1) is 27.9. The summed E-state index contributed by atoms with van der Waals surface area (Å²) >= 11 is 2.17. The predicted octanol–water partition coefficient (Wildman–Crippen LogP) is 8.02. The van der Waals surface area contributed by atoms with E-state index in [2.05, 4.69) is 27.6 Å². The number of hydrogen-bond acceptors (Lipinski definition) is 4. The van der Waals surface area contributed by atoms with Gasteiger partial charge in [0.2, 0.25) is 5.82 Å². The maximum atomic E-state index is 17.8.